The zero-order valence-corrected chi connectivity index (χ0v) is 12.7. The van der Waals surface area contributed by atoms with E-state index >= 15 is 0 Å². The molecule has 0 aliphatic carbocycles. The molecule has 20 heavy (non-hydrogen) atoms. The Labute approximate surface area is 120 Å². The first kappa shape index (κ1) is 16.2. The molecule has 0 radical (unpaired) electrons. The topological polar surface area (TPSA) is 55.4 Å². The Morgan fingerprint density at radius 3 is 2.10 bits per heavy atom. The molecule has 0 fully saturated rings. The first-order chi connectivity index (χ1) is 9.53. The molecule has 1 rings (SSSR count). The molecule has 0 unspecified atom stereocenters. The molecule has 0 heterocycles. The zero-order valence-electron chi connectivity index (χ0n) is 12.7. The van der Waals surface area contributed by atoms with Gasteiger partial charge in [-0.15, -0.1) is 0 Å². The normalized spacial score (nSPS) is 10.2. The van der Waals surface area contributed by atoms with Gasteiger partial charge in [-0.2, -0.15) is 0 Å². The van der Waals surface area contributed by atoms with Crippen molar-refractivity contribution in [1.29, 1.82) is 0 Å². The van der Waals surface area contributed by atoms with Gasteiger partial charge < -0.3 is 10.1 Å². The fraction of sp³-hybridized carbons (Fsp3) is 0.500. The van der Waals surface area contributed by atoms with Crippen molar-refractivity contribution in [1.82, 2.24) is 0 Å². The Balaban J connectivity index is 3.34. The van der Waals surface area contributed by atoms with Gasteiger partial charge in [0.2, 0.25) is 5.91 Å². The third kappa shape index (κ3) is 4.08. The van der Waals surface area contributed by atoms with Crippen LogP contribution in [0.25, 0.3) is 0 Å². The highest BCUT2D eigenvalue weighted by atomic mass is 16.5. The number of anilines is 1. The lowest BCUT2D eigenvalue weighted by atomic mass is 9.95. The maximum absolute atomic E-state index is 11.9. The summed E-state index contributed by atoms with van der Waals surface area (Å²) >= 11 is 0. The Morgan fingerprint density at radius 2 is 1.65 bits per heavy atom. The minimum atomic E-state index is -0.422. The number of nitrogens with one attached hydrogen (secondary N) is 1. The van der Waals surface area contributed by atoms with Gasteiger partial charge in [0.05, 0.1) is 18.4 Å². The maximum atomic E-state index is 11.9. The third-order valence-electron chi connectivity index (χ3n) is 3.09. The molecule has 0 aromatic heterocycles. The van der Waals surface area contributed by atoms with Crippen LogP contribution in [0, 0.1) is 0 Å². The Hall–Kier alpha value is -1.84. The second-order valence-corrected chi connectivity index (χ2v) is 4.84. The van der Waals surface area contributed by atoms with E-state index in [1.165, 1.54) is 19.6 Å². The van der Waals surface area contributed by atoms with Crippen LogP contribution < -0.4 is 5.32 Å². The van der Waals surface area contributed by atoms with E-state index in [4.69, 9.17) is 4.74 Å². The first-order valence-electron chi connectivity index (χ1n) is 7.05. The van der Waals surface area contributed by atoms with Crippen LogP contribution in [0.15, 0.2) is 12.1 Å². The van der Waals surface area contributed by atoms with E-state index in [1.54, 1.807) is 0 Å². The smallest absolute Gasteiger partial charge is 0.339 e. The van der Waals surface area contributed by atoms with Crippen molar-refractivity contribution in [3.05, 3.63) is 28.8 Å². The SMILES string of the molecule is CCCc1cc(NC(C)=O)c(C(=O)OC)cc1CCC. The van der Waals surface area contributed by atoms with Crippen molar-refractivity contribution in [3.8, 4) is 0 Å². The van der Waals surface area contributed by atoms with Gasteiger partial charge in [0, 0.05) is 6.92 Å². The van der Waals surface area contributed by atoms with Crippen LogP contribution in [0.2, 0.25) is 0 Å². The quantitative estimate of drug-likeness (QED) is 0.811. The molecule has 0 atom stereocenters. The molecule has 1 N–H and O–H groups in total. The molecular weight excluding hydrogens is 254 g/mol. The predicted molar refractivity (Wildman–Crippen MR) is 80.1 cm³/mol. The van der Waals surface area contributed by atoms with Crippen LogP contribution in [0.5, 0.6) is 0 Å². The van der Waals surface area contributed by atoms with Crippen molar-refractivity contribution in [2.24, 2.45) is 0 Å². The van der Waals surface area contributed by atoms with E-state index in [1.807, 2.05) is 12.1 Å². The molecule has 4 nitrogen and oxygen atoms in total. The van der Waals surface area contributed by atoms with Crippen LogP contribution >= 0.6 is 0 Å². The largest absolute Gasteiger partial charge is 0.465 e. The number of hydrogen-bond acceptors (Lipinski definition) is 3. The van der Waals surface area contributed by atoms with Gasteiger partial charge in [-0.25, -0.2) is 4.79 Å². The number of methoxy groups -OCH3 is 1. The van der Waals surface area contributed by atoms with Crippen molar-refractivity contribution < 1.29 is 14.3 Å². The summed E-state index contributed by atoms with van der Waals surface area (Å²) in [4.78, 5) is 23.2. The Bertz CT molecular complexity index is 495. The second-order valence-electron chi connectivity index (χ2n) is 4.84. The van der Waals surface area contributed by atoms with Crippen LogP contribution in [0.1, 0.15) is 55.1 Å². The second kappa shape index (κ2) is 7.68. The molecule has 0 aliphatic rings. The lowest BCUT2D eigenvalue weighted by molar-refractivity contribution is -0.114. The van der Waals surface area contributed by atoms with Crippen molar-refractivity contribution in [2.45, 2.75) is 46.5 Å². The number of carbonyl (C=O) groups is 2. The molecule has 1 aromatic rings. The van der Waals surface area contributed by atoms with Gasteiger partial charge in [-0.3, -0.25) is 4.79 Å². The Kier molecular flexibility index (Phi) is 6.22. The molecule has 110 valence electrons. The molecule has 4 heteroatoms. The van der Waals surface area contributed by atoms with E-state index in [0.717, 1.165) is 31.2 Å². The van der Waals surface area contributed by atoms with Gasteiger partial charge in [0.25, 0.3) is 0 Å². The fourth-order valence-electron chi connectivity index (χ4n) is 2.27. The number of amides is 1. The zero-order chi connectivity index (χ0) is 15.1. The van der Waals surface area contributed by atoms with Crippen molar-refractivity contribution in [3.63, 3.8) is 0 Å². The molecule has 0 saturated heterocycles. The van der Waals surface area contributed by atoms with E-state index in [2.05, 4.69) is 19.2 Å². The lowest BCUT2D eigenvalue weighted by Crippen LogP contribution is -2.13. The summed E-state index contributed by atoms with van der Waals surface area (Å²) in [5.74, 6) is -0.616. The summed E-state index contributed by atoms with van der Waals surface area (Å²) in [6.07, 6.45) is 3.88. The monoisotopic (exact) mass is 277 g/mol. The fourth-order valence-corrected chi connectivity index (χ4v) is 2.27. The Morgan fingerprint density at radius 1 is 1.10 bits per heavy atom. The van der Waals surface area contributed by atoms with Crippen LogP contribution in [-0.4, -0.2) is 19.0 Å². The summed E-state index contributed by atoms with van der Waals surface area (Å²) < 4.78 is 4.80. The molecule has 1 amide bonds. The highest BCUT2D eigenvalue weighted by Gasteiger charge is 2.16. The molecule has 1 aromatic carbocycles. The summed E-state index contributed by atoms with van der Waals surface area (Å²) in [5, 5.41) is 2.72. The van der Waals surface area contributed by atoms with Gasteiger partial charge >= 0.3 is 5.97 Å². The molecular formula is C16H23NO3. The molecule has 0 aliphatic heterocycles. The number of esters is 1. The number of rotatable bonds is 6. The summed E-state index contributed by atoms with van der Waals surface area (Å²) in [7, 11) is 1.35. The maximum Gasteiger partial charge on any atom is 0.339 e. The number of hydrogen-bond donors (Lipinski definition) is 1. The van der Waals surface area contributed by atoms with Crippen LogP contribution in [0.3, 0.4) is 0 Å². The number of ether oxygens (including phenoxy) is 1. The van der Waals surface area contributed by atoms with Gasteiger partial charge in [-0.1, -0.05) is 26.7 Å². The molecule has 0 saturated carbocycles. The average Bonchev–Trinajstić information content (AvgIpc) is 2.40. The first-order valence-corrected chi connectivity index (χ1v) is 7.05. The van der Waals surface area contributed by atoms with Crippen molar-refractivity contribution in [2.75, 3.05) is 12.4 Å². The van der Waals surface area contributed by atoms with Gasteiger partial charge in [0.1, 0.15) is 0 Å². The highest BCUT2D eigenvalue weighted by Crippen LogP contribution is 2.25. The van der Waals surface area contributed by atoms with Gasteiger partial charge in [-0.05, 0) is 36.1 Å². The van der Waals surface area contributed by atoms with E-state index in [-0.39, 0.29) is 5.91 Å². The summed E-state index contributed by atoms with van der Waals surface area (Å²) in [6.45, 7) is 5.65. The molecule has 0 spiro atoms. The lowest BCUT2D eigenvalue weighted by Gasteiger charge is -2.15. The third-order valence-corrected chi connectivity index (χ3v) is 3.09. The van der Waals surface area contributed by atoms with E-state index < -0.39 is 5.97 Å². The highest BCUT2D eigenvalue weighted by molar-refractivity contribution is 6.01. The minimum absolute atomic E-state index is 0.194. The standard InChI is InChI=1S/C16H23NO3/c1-5-7-12-9-14(16(19)20-4)15(17-11(3)18)10-13(12)8-6-2/h9-10H,5-8H2,1-4H3,(H,17,18). The predicted octanol–water partition coefficient (Wildman–Crippen LogP) is 3.34. The van der Waals surface area contributed by atoms with Crippen LogP contribution in [-0.2, 0) is 22.4 Å². The summed E-state index contributed by atoms with van der Waals surface area (Å²) in [6, 6.07) is 3.76. The van der Waals surface area contributed by atoms with Crippen LogP contribution in [0.4, 0.5) is 5.69 Å². The van der Waals surface area contributed by atoms with E-state index in [0.29, 0.717) is 11.3 Å². The number of benzene rings is 1. The molecule has 0 bridgehead atoms. The number of carbonyl (C=O) groups excluding carboxylic acids is 2. The van der Waals surface area contributed by atoms with E-state index in [9.17, 15) is 9.59 Å². The summed E-state index contributed by atoms with van der Waals surface area (Å²) in [5.41, 5.74) is 3.30. The average molecular weight is 277 g/mol. The van der Waals surface area contributed by atoms with Crippen molar-refractivity contribution >= 4 is 17.6 Å². The number of aryl methyl sites for hydroxylation is 2. The minimum Gasteiger partial charge on any atom is -0.465 e. The van der Waals surface area contributed by atoms with Gasteiger partial charge in [0.15, 0.2) is 0 Å².